The highest BCUT2D eigenvalue weighted by molar-refractivity contribution is 6.31. The van der Waals surface area contributed by atoms with Crippen molar-refractivity contribution in [1.82, 2.24) is 10.2 Å². The van der Waals surface area contributed by atoms with Crippen LogP contribution in [0.25, 0.3) is 0 Å². The summed E-state index contributed by atoms with van der Waals surface area (Å²) < 4.78 is 5.21. The van der Waals surface area contributed by atoms with Crippen LogP contribution in [0, 0.1) is 0 Å². The third-order valence-corrected chi connectivity index (χ3v) is 3.51. The van der Waals surface area contributed by atoms with E-state index in [-0.39, 0.29) is 5.91 Å². The maximum Gasteiger partial charge on any atom is 0.257 e. The van der Waals surface area contributed by atoms with E-state index in [1.807, 2.05) is 11.9 Å². The number of likely N-dealkylation sites (tertiary alicyclic amines) is 1. The number of nitrogens with zero attached hydrogens (tertiary/aromatic N) is 1. The molecule has 1 atom stereocenters. The van der Waals surface area contributed by atoms with Crippen molar-refractivity contribution in [1.29, 1.82) is 0 Å². The first-order valence-electron chi connectivity index (χ1n) is 5.95. The van der Waals surface area contributed by atoms with Crippen LogP contribution in [0.15, 0.2) is 18.2 Å². The Kier molecular flexibility index (Phi) is 4.09. The Hall–Kier alpha value is -1.26. The van der Waals surface area contributed by atoms with Crippen LogP contribution in [0.2, 0.25) is 5.02 Å². The van der Waals surface area contributed by atoms with Gasteiger partial charge in [0, 0.05) is 24.2 Å². The van der Waals surface area contributed by atoms with Crippen molar-refractivity contribution >= 4 is 17.5 Å². The summed E-state index contributed by atoms with van der Waals surface area (Å²) in [5, 5.41) is 3.73. The number of carbonyl (C=O) groups excluding carboxylic acids is 1. The zero-order chi connectivity index (χ0) is 13.1. The molecule has 1 saturated heterocycles. The Morgan fingerprint density at radius 2 is 2.33 bits per heavy atom. The molecule has 1 heterocycles. The smallest absolute Gasteiger partial charge is 0.257 e. The first kappa shape index (κ1) is 13.2. The van der Waals surface area contributed by atoms with Gasteiger partial charge in [-0.2, -0.15) is 0 Å². The summed E-state index contributed by atoms with van der Waals surface area (Å²) in [5.74, 6) is 0.546. The highest BCUT2D eigenvalue weighted by Crippen LogP contribution is 2.25. The van der Waals surface area contributed by atoms with Gasteiger partial charge in [-0.05, 0) is 31.7 Å². The van der Waals surface area contributed by atoms with E-state index in [1.165, 1.54) is 0 Å². The number of halogens is 1. The van der Waals surface area contributed by atoms with Gasteiger partial charge < -0.3 is 15.0 Å². The van der Waals surface area contributed by atoms with Crippen molar-refractivity contribution in [3.63, 3.8) is 0 Å². The summed E-state index contributed by atoms with van der Waals surface area (Å²) in [6.07, 6.45) is 0.977. The molecule has 98 valence electrons. The number of amides is 1. The van der Waals surface area contributed by atoms with Crippen LogP contribution < -0.4 is 10.1 Å². The number of hydrogen-bond acceptors (Lipinski definition) is 3. The van der Waals surface area contributed by atoms with Crippen LogP contribution in [0.3, 0.4) is 0 Å². The Morgan fingerprint density at radius 1 is 1.56 bits per heavy atom. The van der Waals surface area contributed by atoms with Gasteiger partial charge in [0.2, 0.25) is 0 Å². The Labute approximate surface area is 112 Å². The molecule has 0 aliphatic carbocycles. The standard InChI is InChI=1S/C13H17ClN2O2/c1-15-10-5-6-16(8-10)13(17)11-7-9(14)3-4-12(11)18-2/h3-4,7,10,15H,5-6,8H2,1-2H3. The minimum absolute atomic E-state index is 0.0212. The van der Waals surface area contributed by atoms with E-state index in [4.69, 9.17) is 16.3 Å². The number of methoxy groups -OCH3 is 1. The average Bonchev–Trinajstić information content (AvgIpc) is 2.86. The van der Waals surface area contributed by atoms with E-state index in [0.717, 1.165) is 19.5 Å². The average molecular weight is 269 g/mol. The molecule has 1 unspecified atom stereocenters. The molecule has 0 aromatic heterocycles. The molecule has 1 aliphatic heterocycles. The molecule has 5 heteroatoms. The van der Waals surface area contributed by atoms with E-state index in [0.29, 0.717) is 22.4 Å². The second-order valence-electron chi connectivity index (χ2n) is 4.37. The molecule has 0 saturated carbocycles. The number of ether oxygens (including phenoxy) is 1. The number of rotatable bonds is 3. The maximum absolute atomic E-state index is 12.4. The summed E-state index contributed by atoms with van der Waals surface area (Å²) in [4.78, 5) is 14.2. The van der Waals surface area contributed by atoms with Crippen LogP contribution >= 0.6 is 11.6 Å². The fraction of sp³-hybridized carbons (Fsp3) is 0.462. The monoisotopic (exact) mass is 268 g/mol. The lowest BCUT2D eigenvalue weighted by Gasteiger charge is -2.18. The summed E-state index contributed by atoms with van der Waals surface area (Å²) in [5.41, 5.74) is 0.529. The summed E-state index contributed by atoms with van der Waals surface area (Å²) in [6.45, 7) is 1.49. The van der Waals surface area contributed by atoms with Gasteiger partial charge >= 0.3 is 0 Å². The first-order chi connectivity index (χ1) is 8.65. The van der Waals surface area contributed by atoms with Crippen LogP contribution in [0.5, 0.6) is 5.75 Å². The molecular weight excluding hydrogens is 252 g/mol. The molecule has 18 heavy (non-hydrogen) atoms. The molecule has 1 N–H and O–H groups in total. The van der Waals surface area contributed by atoms with E-state index < -0.39 is 0 Å². The maximum atomic E-state index is 12.4. The van der Waals surface area contributed by atoms with Gasteiger partial charge in [-0.3, -0.25) is 4.79 Å². The lowest BCUT2D eigenvalue weighted by atomic mass is 10.1. The fourth-order valence-corrected chi connectivity index (χ4v) is 2.37. The van der Waals surface area contributed by atoms with Crippen molar-refractivity contribution in [2.24, 2.45) is 0 Å². The largest absolute Gasteiger partial charge is 0.496 e. The molecule has 0 spiro atoms. The van der Waals surface area contributed by atoms with Gasteiger partial charge in [-0.1, -0.05) is 11.6 Å². The van der Waals surface area contributed by atoms with Gasteiger partial charge in [-0.15, -0.1) is 0 Å². The molecule has 2 rings (SSSR count). The topological polar surface area (TPSA) is 41.6 Å². The van der Waals surface area contributed by atoms with Crippen LogP contribution in [0.1, 0.15) is 16.8 Å². The van der Waals surface area contributed by atoms with E-state index in [9.17, 15) is 4.79 Å². The SMILES string of the molecule is CNC1CCN(C(=O)c2cc(Cl)ccc2OC)C1. The van der Waals surface area contributed by atoms with Crippen LogP contribution in [-0.4, -0.2) is 44.1 Å². The van der Waals surface area contributed by atoms with Crippen molar-refractivity contribution in [2.75, 3.05) is 27.2 Å². The predicted molar refractivity (Wildman–Crippen MR) is 71.4 cm³/mol. The molecular formula is C13H17ClN2O2. The van der Waals surface area contributed by atoms with Crippen LogP contribution in [-0.2, 0) is 0 Å². The Morgan fingerprint density at radius 3 is 2.94 bits per heavy atom. The first-order valence-corrected chi connectivity index (χ1v) is 6.33. The number of nitrogens with one attached hydrogen (secondary N) is 1. The van der Waals surface area contributed by atoms with Gasteiger partial charge in [0.25, 0.3) is 5.91 Å². The quantitative estimate of drug-likeness (QED) is 0.909. The summed E-state index contributed by atoms with van der Waals surface area (Å²) in [6, 6.07) is 5.48. The third kappa shape index (κ3) is 2.60. The van der Waals surface area contributed by atoms with Gasteiger partial charge in [0.15, 0.2) is 0 Å². The van der Waals surface area contributed by atoms with Crippen molar-refractivity contribution in [3.05, 3.63) is 28.8 Å². The third-order valence-electron chi connectivity index (χ3n) is 3.28. The minimum atomic E-state index is -0.0212. The van der Waals surface area contributed by atoms with Crippen molar-refractivity contribution in [2.45, 2.75) is 12.5 Å². The Bertz CT molecular complexity index is 451. The second kappa shape index (κ2) is 5.59. The van der Waals surface area contributed by atoms with Crippen molar-refractivity contribution < 1.29 is 9.53 Å². The van der Waals surface area contributed by atoms with Gasteiger partial charge in [0.05, 0.1) is 12.7 Å². The number of hydrogen-bond donors (Lipinski definition) is 1. The Balaban J connectivity index is 2.21. The van der Waals surface area contributed by atoms with Crippen molar-refractivity contribution in [3.8, 4) is 5.75 Å². The normalized spacial score (nSPS) is 19.1. The minimum Gasteiger partial charge on any atom is -0.496 e. The van der Waals surface area contributed by atoms with E-state index in [1.54, 1.807) is 25.3 Å². The highest BCUT2D eigenvalue weighted by Gasteiger charge is 2.27. The predicted octanol–water partition coefficient (Wildman–Crippen LogP) is 1.78. The lowest BCUT2D eigenvalue weighted by molar-refractivity contribution is 0.0786. The lowest BCUT2D eigenvalue weighted by Crippen LogP contribution is -2.33. The molecule has 1 fully saturated rings. The van der Waals surface area contributed by atoms with E-state index in [2.05, 4.69) is 5.32 Å². The number of benzene rings is 1. The molecule has 1 aliphatic rings. The fourth-order valence-electron chi connectivity index (χ4n) is 2.20. The number of carbonyl (C=O) groups is 1. The molecule has 0 radical (unpaired) electrons. The molecule has 1 aromatic carbocycles. The second-order valence-corrected chi connectivity index (χ2v) is 4.81. The zero-order valence-corrected chi connectivity index (χ0v) is 11.3. The molecule has 0 bridgehead atoms. The highest BCUT2D eigenvalue weighted by atomic mass is 35.5. The summed E-state index contributed by atoms with van der Waals surface area (Å²) >= 11 is 5.94. The summed E-state index contributed by atoms with van der Waals surface area (Å²) in [7, 11) is 3.47. The molecule has 1 amide bonds. The number of likely N-dealkylation sites (N-methyl/N-ethyl adjacent to an activating group) is 1. The van der Waals surface area contributed by atoms with Crippen LogP contribution in [0.4, 0.5) is 0 Å². The van der Waals surface area contributed by atoms with Gasteiger partial charge in [0.1, 0.15) is 5.75 Å². The molecule has 4 nitrogen and oxygen atoms in total. The molecule has 1 aromatic rings. The zero-order valence-electron chi connectivity index (χ0n) is 10.6. The van der Waals surface area contributed by atoms with Gasteiger partial charge in [-0.25, -0.2) is 0 Å². The van der Waals surface area contributed by atoms with E-state index >= 15 is 0 Å².